The van der Waals surface area contributed by atoms with E-state index in [1.165, 1.54) is 6.92 Å². The summed E-state index contributed by atoms with van der Waals surface area (Å²) in [5.74, 6) is 0.639. The van der Waals surface area contributed by atoms with Crippen LogP contribution in [0, 0.1) is 0 Å². The summed E-state index contributed by atoms with van der Waals surface area (Å²) >= 11 is 0. The standard InChI is InChI=1S/C18H15N3O3/c1-12(22)19-14-9-6-13(7-10-14)8-11-17-20-18(24-21-17)15-4-2-3-5-16(15)23/h2-11,23H,1H3,(H,19,22)/b11-8+. The maximum Gasteiger partial charge on any atom is 0.261 e. The number of anilines is 1. The summed E-state index contributed by atoms with van der Waals surface area (Å²) in [6, 6.07) is 14.1. The predicted octanol–water partition coefficient (Wildman–Crippen LogP) is 3.57. The Labute approximate surface area is 138 Å². The number of amides is 1. The maximum atomic E-state index is 11.0. The van der Waals surface area contributed by atoms with Crippen molar-refractivity contribution in [1.29, 1.82) is 0 Å². The zero-order valence-electron chi connectivity index (χ0n) is 12.9. The van der Waals surface area contributed by atoms with Crippen molar-refractivity contribution in [3.63, 3.8) is 0 Å². The summed E-state index contributed by atoms with van der Waals surface area (Å²) in [6.45, 7) is 1.46. The summed E-state index contributed by atoms with van der Waals surface area (Å²) in [7, 11) is 0. The van der Waals surface area contributed by atoms with Crippen molar-refractivity contribution in [2.24, 2.45) is 0 Å². The van der Waals surface area contributed by atoms with Crippen LogP contribution in [0.4, 0.5) is 5.69 Å². The van der Waals surface area contributed by atoms with E-state index in [-0.39, 0.29) is 17.5 Å². The van der Waals surface area contributed by atoms with Crippen LogP contribution in [-0.2, 0) is 4.79 Å². The molecule has 2 aromatic carbocycles. The molecule has 0 atom stereocenters. The summed E-state index contributed by atoms with van der Waals surface area (Å²) in [6.07, 6.45) is 3.54. The molecule has 1 aromatic heterocycles. The molecule has 6 heteroatoms. The van der Waals surface area contributed by atoms with Crippen molar-refractivity contribution in [1.82, 2.24) is 10.1 Å². The second kappa shape index (κ2) is 6.78. The molecule has 0 saturated carbocycles. The van der Waals surface area contributed by atoms with Crippen LogP contribution in [0.2, 0.25) is 0 Å². The Hall–Kier alpha value is -3.41. The van der Waals surface area contributed by atoms with E-state index in [0.717, 1.165) is 11.3 Å². The minimum Gasteiger partial charge on any atom is -0.507 e. The van der Waals surface area contributed by atoms with Gasteiger partial charge in [-0.25, -0.2) is 0 Å². The van der Waals surface area contributed by atoms with Crippen LogP contribution in [0.5, 0.6) is 5.75 Å². The first-order valence-corrected chi connectivity index (χ1v) is 7.29. The molecule has 0 unspecified atom stereocenters. The van der Waals surface area contributed by atoms with Gasteiger partial charge in [-0.15, -0.1) is 0 Å². The van der Waals surface area contributed by atoms with E-state index >= 15 is 0 Å². The molecule has 3 aromatic rings. The Morgan fingerprint density at radius 1 is 1.12 bits per heavy atom. The molecule has 120 valence electrons. The first-order valence-electron chi connectivity index (χ1n) is 7.29. The minimum absolute atomic E-state index is 0.0882. The lowest BCUT2D eigenvalue weighted by molar-refractivity contribution is -0.114. The van der Waals surface area contributed by atoms with E-state index in [4.69, 9.17) is 4.52 Å². The number of nitrogens with one attached hydrogen (secondary N) is 1. The monoisotopic (exact) mass is 321 g/mol. The van der Waals surface area contributed by atoms with Gasteiger partial charge in [0.2, 0.25) is 5.91 Å². The number of aromatic hydroxyl groups is 1. The van der Waals surface area contributed by atoms with Gasteiger partial charge in [0.1, 0.15) is 5.75 Å². The topological polar surface area (TPSA) is 88.2 Å². The molecule has 0 saturated heterocycles. The van der Waals surface area contributed by atoms with Crippen molar-refractivity contribution >= 4 is 23.7 Å². The lowest BCUT2D eigenvalue weighted by atomic mass is 10.2. The molecule has 0 fully saturated rings. The van der Waals surface area contributed by atoms with E-state index in [1.807, 2.05) is 30.3 Å². The predicted molar refractivity (Wildman–Crippen MR) is 91.1 cm³/mol. The van der Waals surface area contributed by atoms with Crippen LogP contribution in [0.25, 0.3) is 23.6 Å². The summed E-state index contributed by atoms with van der Waals surface area (Å²) in [5, 5.41) is 16.4. The molecule has 3 rings (SSSR count). The number of carbonyl (C=O) groups excluding carboxylic acids is 1. The van der Waals surface area contributed by atoms with E-state index in [0.29, 0.717) is 11.4 Å². The van der Waals surface area contributed by atoms with Gasteiger partial charge >= 0.3 is 0 Å². The van der Waals surface area contributed by atoms with E-state index in [1.54, 1.807) is 30.3 Å². The summed E-state index contributed by atoms with van der Waals surface area (Å²) < 4.78 is 5.16. The fourth-order valence-corrected chi connectivity index (χ4v) is 2.12. The van der Waals surface area contributed by atoms with Crippen molar-refractivity contribution in [2.75, 3.05) is 5.32 Å². The highest BCUT2D eigenvalue weighted by Crippen LogP contribution is 2.27. The number of hydrogen-bond donors (Lipinski definition) is 2. The molecule has 6 nitrogen and oxygen atoms in total. The first-order chi connectivity index (χ1) is 11.6. The largest absolute Gasteiger partial charge is 0.507 e. The number of hydrogen-bond acceptors (Lipinski definition) is 5. The van der Waals surface area contributed by atoms with Gasteiger partial charge in [-0.3, -0.25) is 4.79 Å². The SMILES string of the molecule is CC(=O)Nc1ccc(/C=C/c2noc(-c3ccccc3O)n2)cc1. The van der Waals surface area contributed by atoms with Gasteiger partial charge in [-0.2, -0.15) is 4.98 Å². The minimum atomic E-state index is -0.109. The van der Waals surface area contributed by atoms with Crippen molar-refractivity contribution in [3.8, 4) is 17.2 Å². The van der Waals surface area contributed by atoms with Crippen molar-refractivity contribution < 1.29 is 14.4 Å². The molecule has 2 N–H and O–H groups in total. The van der Waals surface area contributed by atoms with Gasteiger partial charge in [0.15, 0.2) is 5.82 Å². The molecule has 1 heterocycles. The number of nitrogens with zero attached hydrogens (tertiary/aromatic N) is 2. The van der Waals surface area contributed by atoms with E-state index < -0.39 is 0 Å². The second-order valence-electron chi connectivity index (χ2n) is 5.11. The smallest absolute Gasteiger partial charge is 0.261 e. The Kier molecular flexibility index (Phi) is 4.38. The average molecular weight is 321 g/mol. The molecule has 0 spiro atoms. The van der Waals surface area contributed by atoms with Crippen LogP contribution in [0.1, 0.15) is 18.3 Å². The average Bonchev–Trinajstić information content (AvgIpc) is 3.03. The zero-order valence-corrected chi connectivity index (χ0v) is 12.9. The van der Waals surface area contributed by atoms with Gasteiger partial charge < -0.3 is 14.9 Å². The summed E-state index contributed by atoms with van der Waals surface area (Å²) in [4.78, 5) is 15.2. The third-order valence-electron chi connectivity index (χ3n) is 3.23. The van der Waals surface area contributed by atoms with Gasteiger partial charge in [-0.1, -0.05) is 35.5 Å². The number of phenols is 1. The second-order valence-corrected chi connectivity index (χ2v) is 5.11. The highest BCUT2D eigenvalue weighted by molar-refractivity contribution is 5.88. The molecule has 24 heavy (non-hydrogen) atoms. The van der Waals surface area contributed by atoms with Gasteiger partial charge in [-0.05, 0) is 35.9 Å². The fourth-order valence-electron chi connectivity index (χ4n) is 2.12. The number of benzene rings is 2. The lowest BCUT2D eigenvalue weighted by Crippen LogP contribution is -2.05. The Morgan fingerprint density at radius 2 is 1.88 bits per heavy atom. The molecular weight excluding hydrogens is 306 g/mol. The highest BCUT2D eigenvalue weighted by atomic mass is 16.5. The first kappa shape index (κ1) is 15.5. The Morgan fingerprint density at radius 3 is 2.58 bits per heavy atom. The molecule has 0 bridgehead atoms. The number of carbonyl (C=O) groups is 1. The van der Waals surface area contributed by atoms with Crippen molar-refractivity contribution in [2.45, 2.75) is 6.92 Å². The van der Waals surface area contributed by atoms with Crippen LogP contribution >= 0.6 is 0 Å². The van der Waals surface area contributed by atoms with Crippen LogP contribution in [0.3, 0.4) is 0 Å². The fraction of sp³-hybridized carbons (Fsp3) is 0.0556. The zero-order chi connectivity index (χ0) is 16.9. The number of aromatic nitrogens is 2. The van der Waals surface area contributed by atoms with E-state index in [9.17, 15) is 9.90 Å². The molecular formula is C18H15N3O3. The van der Waals surface area contributed by atoms with Crippen LogP contribution in [-0.4, -0.2) is 21.2 Å². The Balaban J connectivity index is 1.73. The normalized spacial score (nSPS) is 10.9. The maximum absolute atomic E-state index is 11.0. The third-order valence-corrected chi connectivity index (χ3v) is 3.23. The lowest BCUT2D eigenvalue weighted by Gasteiger charge is -2.01. The molecule has 1 amide bonds. The molecule has 0 aliphatic rings. The molecule has 0 aliphatic heterocycles. The molecule has 0 aliphatic carbocycles. The Bertz CT molecular complexity index is 883. The quantitative estimate of drug-likeness (QED) is 0.767. The third kappa shape index (κ3) is 3.67. The summed E-state index contributed by atoms with van der Waals surface area (Å²) in [5.41, 5.74) is 2.16. The van der Waals surface area contributed by atoms with Gasteiger partial charge in [0.05, 0.1) is 5.56 Å². The number of phenolic OH excluding ortho intramolecular Hbond substituents is 1. The van der Waals surface area contributed by atoms with Crippen LogP contribution in [0.15, 0.2) is 53.1 Å². The van der Waals surface area contributed by atoms with Crippen LogP contribution < -0.4 is 5.32 Å². The van der Waals surface area contributed by atoms with Gasteiger partial charge in [0, 0.05) is 12.6 Å². The van der Waals surface area contributed by atoms with Gasteiger partial charge in [0.25, 0.3) is 5.89 Å². The van der Waals surface area contributed by atoms with E-state index in [2.05, 4.69) is 15.5 Å². The number of para-hydroxylation sites is 1. The molecule has 0 radical (unpaired) electrons. The highest BCUT2D eigenvalue weighted by Gasteiger charge is 2.10. The number of rotatable bonds is 4. The van der Waals surface area contributed by atoms with Crippen molar-refractivity contribution in [3.05, 3.63) is 59.9 Å².